The third kappa shape index (κ3) is 2.27. The zero-order valence-electron chi connectivity index (χ0n) is 9.69. The molecule has 1 heterocycles. The SMILES string of the molecule is CCOc1cccc(/C=C2\NC(=O)NC2=O)c1O. The molecule has 3 amide bonds. The van der Waals surface area contributed by atoms with Gasteiger partial charge in [0.05, 0.1) is 6.61 Å². The fourth-order valence-electron chi connectivity index (χ4n) is 1.57. The van der Waals surface area contributed by atoms with E-state index in [0.717, 1.165) is 0 Å². The number of phenols is 1. The van der Waals surface area contributed by atoms with Crippen LogP contribution in [0.25, 0.3) is 6.08 Å². The topological polar surface area (TPSA) is 87.7 Å². The number of hydrogen-bond acceptors (Lipinski definition) is 4. The van der Waals surface area contributed by atoms with Gasteiger partial charge >= 0.3 is 6.03 Å². The van der Waals surface area contributed by atoms with Gasteiger partial charge in [0.2, 0.25) is 0 Å². The van der Waals surface area contributed by atoms with Gasteiger partial charge < -0.3 is 15.2 Å². The van der Waals surface area contributed by atoms with Crippen LogP contribution in [0.2, 0.25) is 0 Å². The van der Waals surface area contributed by atoms with Gasteiger partial charge in [-0.25, -0.2) is 4.79 Å². The summed E-state index contributed by atoms with van der Waals surface area (Å²) in [6.07, 6.45) is 1.39. The molecule has 0 atom stereocenters. The van der Waals surface area contributed by atoms with Gasteiger partial charge in [-0.05, 0) is 19.1 Å². The van der Waals surface area contributed by atoms with Crippen LogP contribution in [0.3, 0.4) is 0 Å². The van der Waals surface area contributed by atoms with E-state index in [4.69, 9.17) is 4.74 Å². The summed E-state index contributed by atoms with van der Waals surface area (Å²) in [7, 11) is 0. The quantitative estimate of drug-likeness (QED) is 0.549. The van der Waals surface area contributed by atoms with Crippen LogP contribution in [-0.2, 0) is 4.79 Å². The molecule has 1 aliphatic rings. The average molecular weight is 248 g/mol. The highest BCUT2D eigenvalue weighted by molar-refractivity contribution is 6.14. The number of urea groups is 1. The Bertz CT molecular complexity index is 537. The van der Waals surface area contributed by atoms with E-state index in [2.05, 4.69) is 10.6 Å². The van der Waals surface area contributed by atoms with Crippen LogP contribution >= 0.6 is 0 Å². The Labute approximate surface area is 103 Å². The van der Waals surface area contributed by atoms with Gasteiger partial charge in [-0.2, -0.15) is 0 Å². The lowest BCUT2D eigenvalue weighted by Crippen LogP contribution is -2.22. The van der Waals surface area contributed by atoms with Crippen LogP contribution in [0.15, 0.2) is 23.9 Å². The van der Waals surface area contributed by atoms with E-state index in [0.29, 0.717) is 17.9 Å². The summed E-state index contributed by atoms with van der Waals surface area (Å²) >= 11 is 0. The third-order valence-corrected chi connectivity index (χ3v) is 2.35. The maximum Gasteiger partial charge on any atom is 0.326 e. The first-order valence-electron chi connectivity index (χ1n) is 5.40. The Balaban J connectivity index is 2.35. The lowest BCUT2D eigenvalue weighted by molar-refractivity contribution is -0.115. The number of para-hydroxylation sites is 1. The zero-order valence-corrected chi connectivity index (χ0v) is 9.69. The molecule has 2 rings (SSSR count). The van der Waals surface area contributed by atoms with Gasteiger partial charge in [0.25, 0.3) is 5.91 Å². The summed E-state index contributed by atoms with van der Waals surface area (Å²) in [6.45, 7) is 2.22. The fraction of sp³-hybridized carbons (Fsp3) is 0.167. The highest BCUT2D eigenvalue weighted by Crippen LogP contribution is 2.31. The Kier molecular flexibility index (Phi) is 3.18. The van der Waals surface area contributed by atoms with Gasteiger partial charge in [-0.1, -0.05) is 12.1 Å². The molecule has 0 bridgehead atoms. The molecular weight excluding hydrogens is 236 g/mol. The molecule has 1 aromatic rings. The van der Waals surface area contributed by atoms with Crippen molar-refractivity contribution in [3.8, 4) is 11.5 Å². The van der Waals surface area contributed by atoms with Crippen LogP contribution in [0, 0.1) is 0 Å². The second-order valence-electron chi connectivity index (χ2n) is 3.59. The number of carbonyl (C=O) groups is 2. The Morgan fingerprint density at radius 1 is 1.33 bits per heavy atom. The first-order valence-corrected chi connectivity index (χ1v) is 5.40. The highest BCUT2D eigenvalue weighted by Gasteiger charge is 2.23. The molecular formula is C12H12N2O4. The number of imide groups is 1. The largest absolute Gasteiger partial charge is 0.504 e. The van der Waals surface area contributed by atoms with Gasteiger partial charge in [0.15, 0.2) is 11.5 Å². The van der Waals surface area contributed by atoms with Crippen molar-refractivity contribution < 1.29 is 19.4 Å². The molecule has 0 radical (unpaired) electrons. The second-order valence-corrected chi connectivity index (χ2v) is 3.59. The zero-order chi connectivity index (χ0) is 13.1. The van der Waals surface area contributed by atoms with Crippen molar-refractivity contribution in [2.24, 2.45) is 0 Å². The van der Waals surface area contributed by atoms with Crippen LogP contribution in [0.5, 0.6) is 11.5 Å². The van der Waals surface area contributed by atoms with Crippen LogP contribution in [-0.4, -0.2) is 23.7 Å². The number of benzene rings is 1. The minimum Gasteiger partial charge on any atom is -0.504 e. The lowest BCUT2D eigenvalue weighted by atomic mass is 10.1. The first kappa shape index (κ1) is 12.0. The lowest BCUT2D eigenvalue weighted by Gasteiger charge is -2.07. The van der Waals surface area contributed by atoms with Crippen molar-refractivity contribution in [1.82, 2.24) is 10.6 Å². The van der Waals surface area contributed by atoms with E-state index in [1.807, 2.05) is 0 Å². The number of ether oxygens (including phenoxy) is 1. The molecule has 0 aliphatic carbocycles. The van der Waals surface area contributed by atoms with E-state index >= 15 is 0 Å². The van der Waals surface area contributed by atoms with Crippen molar-refractivity contribution in [3.63, 3.8) is 0 Å². The molecule has 0 spiro atoms. The fourth-order valence-corrected chi connectivity index (χ4v) is 1.57. The molecule has 1 aromatic carbocycles. The number of phenolic OH excluding ortho intramolecular Hbond substituents is 1. The monoisotopic (exact) mass is 248 g/mol. The van der Waals surface area contributed by atoms with Crippen molar-refractivity contribution >= 4 is 18.0 Å². The molecule has 0 unspecified atom stereocenters. The van der Waals surface area contributed by atoms with Crippen molar-refractivity contribution in [2.45, 2.75) is 6.92 Å². The van der Waals surface area contributed by atoms with E-state index in [1.54, 1.807) is 25.1 Å². The van der Waals surface area contributed by atoms with Crippen molar-refractivity contribution in [3.05, 3.63) is 29.5 Å². The molecule has 6 nitrogen and oxygen atoms in total. The maximum atomic E-state index is 11.3. The Hall–Kier alpha value is -2.50. The minimum atomic E-state index is -0.577. The third-order valence-electron chi connectivity index (χ3n) is 2.35. The van der Waals surface area contributed by atoms with E-state index in [9.17, 15) is 14.7 Å². The molecule has 1 fully saturated rings. The summed E-state index contributed by atoms with van der Waals surface area (Å²) in [5.74, 6) is -0.265. The summed E-state index contributed by atoms with van der Waals surface area (Å²) in [5.41, 5.74) is 0.484. The standard InChI is InChI=1S/C12H12N2O4/c1-2-18-9-5-3-4-7(10(9)15)6-8-11(16)14-12(17)13-8/h3-6,15H,2H2,1H3,(H2,13,14,16,17)/b8-6-. The highest BCUT2D eigenvalue weighted by atomic mass is 16.5. The molecule has 94 valence electrons. The molecule has 1 saturated heterocycles. The molecule has 3 N–H and O–H groups in total. The normalized spacial score (nSPS) is 16.6. The average Bonchev–Trinajstić information content (AvgIpc) is 2.63. The van der Waals surface area contributed by atoms with Crippen molar-refractivity contribution in [1.29, 1.82) is 0 Å². The van der Waals surface area contributed by atoms with Crippen molar-refractivity contribution in [2.75, 3.05) is 6.61 Å². The predicted molar refractivity (Wildman–Crippen MR) is 63.9 cm³/mol. The second kappa shape index (κ2) is 4.79. The van der Waals surface area contributed by atoms with Crippen LogP contribution in [0.1, 0.15) is 12.5 Å². The molecule has 0 aromatic heterocycles. The smallest absolute Gasteiger partial charge is 0.326 e. The minimum absolute atomic E-state index is 0.0687. The van der Waals surface area contributed by atoms with E-state index in [-0.39, 0.29) is 11.4 Å². The molecule has 6 heteroatoms. The number of rotatable bonds is 3. The van der Waals surface area contributed by atoms with Crippen LogP contribution < -0.4 is 15.4 Å². The summed E-state index contributed by atoms with van der Waals surface area (Å²) in [4.78, 5) is 22.3. The van der Waals surface area contributed by atoms with Gasteiger partial charge in [-0.3, -0.25) is 10.1 Å². The number of hydrogen-bond donors (Lipinski definition) is 3. The number of amides is 3. The van der Waals surface area contributed by atoms with E-state index in [1.165, 1.54) is 6.08 Å². The first-order chi connectivity index (χ1) is 8.61. The van der Waals surface area contributed by atoms with Crippen LogP contribution in [0.4, 0.5) is 4.79 Å². The summed E-state index contributed by atoms with van der Waals surface area (Å²) < 4.78 is 5.22. The maximum absolute atomic E-state index is 11.3. The predicted octanol–water partition coefficient (Wildman–Crippen LogP) is 0.971. The Morgan fingerprint density at radius 3 is 2.72 bits per heavy atom. The number of aromatic hydroxyl groups is 1. The molecule has 18 heavy (non-hydrogen) atoms. The van der Waals surface area contributed by atoms with Gasteiger partial charge in [0.1, 0.15) is 5.70 Å². The van der Waals surface area contributed by atoms with E-state index < -0.39 is 11.9 Å². The molecule has 1 aliphatic heterocycles. The number of carbonyl (C=O) groups excluding carboxylic acids is 2. The van der Waals surface area contributed by atoms with Gasteiger partial charge in [0, 0.05) is 5.56 Å². The number of nitrogens with one attached hydrogen (secondary N) is 2. The summed E-state index contributed by atoms with van der Waals surface area (Å²) in [6, 6.07) is 4.34. The Morgan fingerprint density at radius 2 is 2.11 bits per heavy atom. The summed E-state index contributed by atoms with van der Waals surface area (Å²) in [5, 5.41) is 14.3. The van der Waals surface area contributed by atoms with Gasteiger partial charge in [-0.15, -0.1) is 0 Å². The molecule has 0 saturated carbocycles.